The molecule has 1 aromatic carbocycles. The van der Waals surface area contributed by atoms with E-state index in [0.29, 0.717) is 0 Å². The molecule has 1 aromatic heterocycles. The SMILES string of the molecule is CCn1cncc1CSc1ccc(N)cc1OC. The Hall–Kier alpha value is -1.62. The normalized spacial score (nSPS) is 10.6. The summed E-state index contributed by atoms with van der Waals surface area (Å²) in [6.45, 7) is 3.05. The van der Waals surface area contributed by atoms with Gasteiger partial charge >= 0.3 is 0 Å². The molecular formula is C13H17N3OS. The number of ether oxygens (including phenoxy) is 1. The van der Waals surface area contributed by atoms with Crippen LogP contribution in [0.25, 0.3) is 0 Å². The molecular weight excluding hydrogens is 246 g/mol. The third kappa shape index (κ3) is 2.79. The molecule has 0 saturated carbocycles. The number of thioether (sulfide) groups is 1. The molecule has 0 fully saturated rings. The molecule has 1 heterocycles. The van der Waals surface area contributed by atoms with Crippen LogP contribution in [-0.2, 0) is 12.3 Å². The van der Waals surface area contributed by atoms with Gasteiger partial charge in [-0.15, -0.1) is 11.8 Å². The van der Waals surface area contributed by atoms with Gasteiger partial charge in [0, 0.05) is 40.8 Å². The predicted molar refractivity (Wildman–Crippen MR) is 74.9 cm³/mol. The largest absolute Gasteiger partial charge is 0.496 e. The van der Waals surface area contributed by atoms with Crippen LogP contribution in [0.5, 0.6) is 5.75 Å². The highest BCUT2D eigenvalue weighted by atomic mass is 32.2. The molecule has 0 spiro atoms. The fourth-order valence-electron chi connectivity index (χ4n) is 1.71. The summed E-state index contributed by atoms with van der Waals surface area (Å²) in [7, 11) is 1.66. The van der Waals surface area contributed by atoms with Gasteiger partial charge in [-0.25, -0.2) is 4.98 Å². The molecule has 2 aromatic rings. The molecule has 0 atom stereocenters. The first-order valence-corrected chi connectivity index (χ1v) is 6.78. The van der Waals surface area contributed by atoms with Gasteiger partial charge in [-0.2, -0.15) is 0 Å². The number of nitrogen functional groups attached to an aromatic ring is 1. The van der Waals surface area contributed by atoms with Gasteiger partial charge in [0.15, 0.2) is 0 Å². The van der Waals surface area contributed by atoms with Crippen LogP contribution in [0.1, 0.15) is 12.6 Å². The van der Waals surface area contributed by atoms with Crippen molar-refractivity contribution < 1.29 is 4.74 Å². The first-order chi connectivity index (χ1) is 8.74. The highest BCUT2D eigenvalue weighted by Gasteiger charge is 2.06. The molecule has 0 amide bonds. The van der Waals surface area contributed by atoms with Gasteiger partial charge in [-0.1, -0.05) is 0 Å². The lowest BCUT2D eigenvalue weighted by atomic mass is 10.3. The summed E-state index contributed by atoms with van der Waals surface area (Å²) in [5, 5.41) is 0. The van der Waals surface area contributed by atoms with Crippen molar-refractivity contribution in [3.63, 3.8) is 0 Å². The lowest BCUT2D eigenvalue weighted by molar-refractivity contribution is 0.405. The third-order valence-electron chi connectivity index (χ3n) is 2.70. The lowest BCUT2D eigenvalue weighted by Crippen LogP contribution is -1.97. The molecule has 96 valence electrons. The van der Waals surface area contributed by atoms with E-state index in [1.165, 1.54) is 5.69 Å². The van der Waals surface area contributed by atoms with E-state index >= 15 is 0 Å². The summed E-state index contributed by atoms with van der Waals surface area (Å²) in [4.78, 5) is 5.25. The minimum Gasteiger partial charge on any atom is -0.496 e. The molecule has 18 heavy (non-hydrogen) atoms. The van der Waals surface area contributed by atoms with E-state index in [1.54, 1.807) is 18.9 Å². The summed E-state index contributed by atoms with van der Waals surface area (Å²) in [5.41, 5.74) is 7.66. The average Bonchev–Trinajstić information content (AvgIpc) is 2.84. The first kappa shape index (κ1) is 12.8. The molecule has 4 nitrogen and oxygen atoms in total. The van der Waals surface area contributed by atoms with E-state index < -0.39 is 0 Å². The first-order valence-electron chi connectivity index (χ1n) is 5.80. The summed E-state index contributed by atoms with van der Waals surface area (Å²) < 4.78 is 7.47. The van der Waals surface area contributed by atoms with E-state index in [4.69, 9.17) is 10.5 Å². The molecule has 0 radical (unpaired) electrons. The van der Waals surface area contributed by atoms with Crippen molar-refractivity contribution in [3.8, 4) is 5.75 Å². The van der Waals surface area contributed by atoms with Crippen LogP contribution >= 0.6 is 11.8 Å². The van der Waals surface area contributed by atoms with Crippen molar-refractivity contribution in [3.05, 3.63) is 36.4 Å². The van der Waals surface area contributed by atoms with Gasteiger partial charge in [-0.05, 0) is 19.1 Å². The third-order valence-corrected chi connectivity index (χ3v) is 3.79. The Kier molecular flexibility index (Phi) is 4.15. The van der Waals surface area contributed by atoms with Crippen LogP contribution in [0.3, 0.4) is 0 Å². The second-order valence-electron chi connectivity index (χ2n) is 3.87. The van der Waals surface area contributed by atoms with Crippen LogP contribution in [0, 0.1) is 0 Å². The highest BCUT2D eigenvalue weighted by molar-refractivity contribution is 7.98. The molecule has 0 aliphatic carbocycles. The van der Waals surface area contributed by atoms with Crippen LogP contribution in [0.15, 0.2) is 35.6 Å². The van der Waals surface area contributed by atoms with E-state index in [-0.39, 0.29) is 0 Å². The second-order valence-corrected chi connectivity index (χ2v) is 4.89. The van der Waals surface area contributed by atoms with Crippen molar-refractivity contribution in [1.82, 2.24) is 9.55 Å². The zero-order valence-electron chi connectivity index (χ0n) is 10.6. The number of nitrogens with zero attached hydrogens (tertiary/aromatic N) is 2. The summed E-state index contributed by atoms with van der Waals surface area (Å²) >= 11 is 1.73. The van der Waals surface area contributed by atoms with Crippen molar-refractivity contribution in [2.45, 2.75) is 24.1 Å². The van der Waals surface area contributed by atoms with Gasteiger partial charge in [0.05, 0.1) is 13.4 Å². The highest BCUT2D eigenvalue weighted by Crippen LogP contribution is 2.32. The minimum atomic E-state index is 0.717. The number of nitrogens with two attached hydrogens (primary N) is 1. The fourth-order valence-corrected chi connectivity index (χ4v) is 2.70. The number of anilines is 1. The van der Waals surface area contributed by atoms with Crippen molar-refractivity contribution in [1.29, 1.82) is 0 Å². The van der Waals surface area contributed by atoms with Crippen molar-refractivity contribution in [2.75, 3.05) is 12.8 Å². The van der Waals surface area contributed by atoms with Crippen molar-refractivity contribution >= 4 is 17.4 Å². The van der Waals surface area contributed by atoms with E-state index in [2.05, 4.69) is 16.5 Å². The number of aryl methyl sites for hydroxylation is 1. The summed E-state index contributed by atoms with van der Waals surface area (Å²) in [5.74, 6) is 1.69. The van der Waals surface area contributed by atoms with Crippen LogP contribution in [-0.4, -0.2) is 16.7 Å². The minimum absolute atomic E-state index is 0.717. The number of benzene rings is 1. The second kappa shape index (κ2) is 5.82. The number of rotatable bonds is 5. The molecule has 5 heteroatoms. The number of imidazole rings is 1. The van der Waals surface area contributed by atoms with E-state index in [1.807, 2.05) is 30.7 Å². The predicted octanol–water partition coefficient (Wildman–Crippen LogP) is 2.79. The van der Waals surface area contributed by atoms with Gasteiger partial charge < -0.3 is 15.0 Å². The van der Waals surface area contributed by atoms with E-state index in [0.717, 1.165) is 28.6 Å². The van der Waals surface area contributed by atoms with Crippen molar-refractivity contribution in [2.24, 2.45) is 0 Å². The molecule has 0 aliphatic rings. The Bertz CT molecular complexity index is 525. The van der Waals surface area contributed by atoms with Crippen LogP contribution < -0.4 is 10.5 Å². The maximum atomic E-state index is 5.74. The lowest BCUT2D eigenvalue weighted by Gasteiger charge is -2.09. The molecule has 2 rings (SSSR count). The number of methoxy groups -OCH3 is 1. The Morgan fingerprint density at radius 3 is 3.00 bits per heavy atom. The Morgan fingerprint density at radius 2 is 2.28 bits per heavy atom. The van der Waals surface area contributed by atoms with Gasteiger partial charge in [0.2, 0.25) is 0 Å². The topological polar surface area (TPSA) is 53.1 Å². The monoisotopic (exact) mass is 263 g/mol. The van der Waals surface area contributed by atoms with E-state index in [9.17, 15) is 0 Å². The quantitative estimate of drug-likeness (QED) is 0.665. The maximum absolute atomic E-state index is 5.74. The van der Waals surface area contributed by atoms with Crippen LogP contribution in [0.4, 0.5) is 5.69 Å². The Labute approximate surface area is 111 Å². The maximum Gasteiger partial charge on any atom is 0.134 e. The Balaban J connectivity index is 2.10. The zero-order valence-corrected chi connectivity index (χ0v) is 11.4. The average molecular weight is 263 g/mol. The number of hydrogen-bond donors (Lipinski definition) is 1. The standard InChI is InChI=1S/C13H17N3OS/c1-3-16-9-15-7-11(16)8-18-13-5-4-10(14)6-12(13)17-2/h4-7,9H,3,8,14H2,1-2H3. The molecule has 2 N–H and O–H groups in total. The molecule has 0 bridgehead atoms. The van der Waals surface area contributed by atoms with Crippen LogP contribution in [0.2, 0.25) is 0 Å². The molecule has 0 unspecified atom stereocenters. The van der Waals surface area contributed by atoms with Gasteiger partial charge in [-0.3, -0.25) is 0 Å². The Morgan fingerprint density at radius 1 is 1.44 bits per heavy atom. The summed E-state index contributed by atoms with van der Waals surface area (Å²) in [6.07, 6.45) is 3.76. The smallest absolute Gasteiger partial charge is 0.134 e. The zero-order chi connectivity index (χ0) is 13.0. The van der Waals surface area contributed by atoms with Gasteiger partial charge in [0.25, 0.3) is 0 Å². The summed E-state index contributed by atoms with van der Waals surface area (Å²) in [6, 6.07) is 5.73. The van der Waals surface area contributed by atoms with Gasteiger partial charge in [0.1, 0.15) is 5.75 Å². The molecule has 0 aliphatic heterocycles. The number of aromatic nitrogens is 2. The fraction of sp³-hybridized carbons (Fsp3) is 0.308. The molecule has 0 saturated heterocycles. The number of hydrogen-bond acceptors (Lipinski definition) is 4.